The molecule has 0 spiro atoms. The van der Waals surface area contributed by atoms with Crippen LogP contribution in [0.2, 0.25) is 0 Å². The van der Waals surface area contributed by atoms with E-state index in [1.54, 1.807) is 0 Å². The molecule has 4 fully saturated rings. The average molecular weight is 350 g/mol. The molecule has 0 aromatic heterocycles. The third kappa shape index (κ3) is 1.96. The standard InChI is InChI=1S/C20H30O5/c1-10(2)8-14-20-12(4)13-7-6-11(3)19(13,23)17(22)16(20)18(5,24-14)9-15(21)25-20/h8,11-16,21,23H,6-7,9H2,1-5H3/t11-,12-,13-,14+,15+,16-,18-,19+,20-/m1/s1. The Balaban J connectivity index is 1.92. The summed E-state index contributed by atoms with van der Waals surface area (Å²) >= 11 is 0. The lowest BCUT2D eigenvalue weighted by Crippen LogP contribution is -2.72. The molecule has 0 aromatic rings. The molecule has 4 rings (SSSR count). The summed E-state index contributed by atoms with van der Waals surface area (Å²) < 4.78 is 12.6. The van der Waals surface area contributed by atoms with Gasteiger partial charge in [0.15, 0.2) is 12.1 Å². The van der Waals surface area contributed by atoms with Crippen molar-refractivity contribution in [3.05, 3.63) is 11.6 Å². The fraction of sp³-hybridized carbons (Fsp3) is 0.850. The number of ketones is 1. The molecule has 9 atom stereocenters. The summed E-state index contributed by atoms with van der Waals surface area (Å²) in [5.74, 6) is -0.986. The largest absolute Gasteiger partial charge is 0.381 e. The van der Waals surface area contributed by atoms with Crippen LogP contribution in [0.3, 0.4) is 0 Å². The van der Waals surface area contributed by atoms with Gasteiger partial charge in [-0.1, -0.05) is 25.5 Å². The summed E-state index contributed by atoms with van der Waals surface area (Å²) in [6.07, 6.45) is 2.58. The van der Waals surface area contributed by atoms with Crippen LogP contribution < -0.4 is 0 Å². The smallest absolute Gasteiger partial charge is 0.173 e. The maximum absolute atomic E-state index is 13.6. The minimum Gasteiger partial charge on any atom is -0.381 e. The first-order valence-corrected chi connectivity index (χ1v) is 9.52. The van der Waals surface area contributed by atoms with Gasteiger partial charge in [0.1, 0.15) is 17.3 Å². The molecule has 0 radical (unpaired) electrons. The number of carbonyl (C=O) groups is 1. The van der Waals surface area contributed by atoms with E-state index in [0.29, 0.717) is 0 Å². The molecule has 2 saturated heterocycles. The van der Waals surface area contributed by atoms with Crippen LogP contribution in [0.4, 0.5) is 0 Å². The van der Waals surface area contributed by atoms with Crippen molar-refractivity contribution >= 4 is 5.78 Å². The van der Waals surface area contributed by atoms with E-state index >= 15 is 0 Å². The van der Waals surface area contributed by atoms with Gasteiger partial charge in [0.2, 0.25) is 0 Å². The number of rotatable bonds is 1. The van der Waals surface area contributed by atoms with Crippen LogP contribution in [0.1, 0.15) is 53.9 Å². The molecule has 2 saturated carbocycles. The second-order valence-electron chi connectivity index (χ2n) is 9.22. The Morgan fingerprint density at radius 3 is 2.56 bits per heavy atom. The minimum absolute atomic E-state index is 0.0541. The summed E-state index contributed by atoms with van der Waals surface area (Å²) in [6.45, 7) is 9.93. The fourth-order valence-corrected chi connectivity index (χ4v) is 6.43. The van der Waals surface area contributed by atoms with Gasteiger partial charge in [-0.15, -0.1) is 0 Å². The van der Waals surface area contributed by atoms with Crippen molar-refractivity contribution < 1.29 is 24.5 Å². The third-order valence-electron chi connectivity index (χ3n) is 7.51. The van der Waals surface area contributed by atoms with Crippen LogP contribution >= 0.6 is 0 Å². The summed E-state index contributed by atoms with van der Waals surface area (Å²) in [7, 11) is 0. The second-order valence-corrected chi connectivity index (χ2v) is 9.22. The van der Waals surface area contributed by atoms with Crippen LogP contribution in [-0.4, -0.2) is 45.2 Å². The quantitative estimate of drug-likeness (QED) is 0.709. The van der Waals surface area contributed by atoms with Gasteiger partial charge in [0, 0.05) is 12.3 Å². The van der Waals surface area contributed by atoms with Crippen LogP contribution in [0, 0.1) is 23.7 Å². The fourth-order valence-electron chi connectivity index (χ4n) is 6.43. The van der Waals surface area contributed by atoms with Gasteiger partial charge in [0.25, 0.3) is 0 Å². The number of hydrogen-bond acceptors (Lipinski definition) is 5. The zero-order chi connectivity index (χ0) is 18.4. The topological polar surface area (TPSA) is 76.0 Å². The normalized spacial score (nSPS) is 57.2. The van der Waals surface area contributed by atoms with Crippen LogP contribution in [0.15, 0.2) is 11.6 Å². The van der Waals surface area contributed by atoms with E-state index in [4.69, 9.17) is 9.47 Å². The zero-order valence-electron chi connectivity index (χ0n) is 15.8. The van der Waals surface area contributed by atoms with Gasteiger partial charge in [-0.05, 0) is 45.4 Å². The first kappa shape index (κ1) is 17.7. The monoisotopic (exact) mass is 350 g/mol. The Morgan fingerprint density at radius 2 is 1.92 bits per heavy atom. The Morgan fingerprint density at radius 1 is 1.24 bits per heavy atom. The van der Waals surface area contributed by atoms with Crippen molar-refractivity contribution in [1.29, 1.82) is 0 Å². The lowest BCUT2D eigenvalue weighted by Gasteiger charge is -2.57. The lowest BCUT2D eigenvalue weighted by molar-refractivity contribution is -0.277. The highest BCUT2D eigenvalue weighted by atomic mass is 16.7. The molecular formula is C20H30O5. The molecule has 4 aliphatic rings. The van der Waals surface area contributed by atoms with Gasteiger partial charge < -0.3 is 19.7 Å². The summed E-state index contributed by atoms with van der Waals surface area (Å²) in [5, 5.41) is 21.8. The maximum atomic E-state index is 13.6. The minimum atomic E-state index is -1.30. The highest BCUT2D eigenvalue weighted by molar-refractivity contribution is 5.94. The molecule has 0 aromatic carbocycles. The second kappa shape index (κ2) is 5.16. The van der Waals surface area contributed by atoms with Gasteiger partial charge in [-0.3, -0.25) is 4.79 Å². The van der Waals surface area contributed by atoms with Crippen molar-refractivity contribution in [1.82, 2.24) is 0 Å². The van der Waals surface area contributed by atoms with Gasteiger partial charge in [-0.25, -0.2) is 0 Å². The lowest BCUT2D eigenvalue weighted by atomic mass is 9.52. The van der Waals surface area contributed by atoms with Crippen LogP contribution in [-0.2, 0) is 14.3 Å². The van der Waals surface area contributed by atoms with Gasteiger partial charge in [-0.2, -0.15) is 0 Å². The number of fused-ring (bicyclic) bond motifs is 1. The van der Waals surface area contributed by atoms with E-state index in [2.05, 4.69) is 6.92 Å². The predicted molar refractivity (Wildman–Crippen MR) is 91.6 cm³/mol. The SMILES string of the molecule is CC(C)=C[C@@H]1O[C@]2(C)C[C@@H](O)O[C@]13[C@H](C)[C@H]1CC[C@@H](C)[C@@]1(O)C(=O)[C@@H]32. The molecule has 0 amide bonds. The number of allylic oxidation sites excluding steroid dienone is 1. The van der Waals surface area contributed by atoms with Crippen molar-refractivity contribution in [3.8, 4) is 0 Å². The van der Waals surface area contributed by atoms with Crippen LogP contribution in [0.25, 0.3) is 0 Å². The highest BCUT2D eigenvalue weighted by Gasteiger charge is 2.78. The first-order valence-electron chi connectivity index (χ1n) is 9.52. The number of carbonyl (C=O) groups excluding carboxylic acids is 1. The Bertz CT molecular complexity index is 640. The maximum Gasteiger partial charge on any atom is 0.173 e. The third-order valence-corrected chi connectivity index (χ3v) is 7.51. The zero-order valence-corrected chi connectivity index (χ0v) is 15.8. The first-order chi connectivity index (χ1) is 11.6. The number of aliphatic hydroxyl groups is 2. The van der Waals surface area contributed by atoms with Gasteiger partial charge >= 0.3 is 0 Å². The summed E-state index contributed by atoms with van der Waals surface area (Å²) in [4.78, 5) is 13.6. The number of Topliss-reactive ketones (excluding diaryl/α,β-unsaturated/α-hetero) is 1. The molecular weight excluding hydrogens is 320 g/mol. The number of ether oxygens (including phenoxy) is 2. The van der Waals surface area contributed by atoms with E-state index in [1.165, 1.54) is 0 Å². The number of hydrogen-bond donors (Lipinski definition) is 2. The molecule has 2 aliphatic carbocycles. The van der Waals surface area contributed by atoms with Crippen molar-refractivity contribution in [3.63, 3.8) is 0 Å². The van der Waals surface area contributed by atoms with Crippen molar-refractivity contribution in [2.45, 2.75) is 83.1 Å². The van der Waals surface area contributed by atoms with E-state index in [0.717, 1.165) is 18.4 Å². The Hall–Kier alpha value is -0.750. The Labute approximate surface area is 149 Å². The highest BCUT2D eigenvalue weighted by Crippen LogP contribution is 2.65. The van der Waals surface area contributed by atoms with E-state index in [1.807, 2.05) is 33.8 Å². The summed E-state index contributed by atoms with van der Waals surface area (Å²) in [5.41, 5.74) is -1.93. The van der Waals surface area contributed by atoms with Crippen molar-refractivity contribution in [2.75, 3.05) is 0 Å². The molecule has 5 heteroatoms. The number of aliphatic hydroxyl groups excluding tert-OH is 1. The van der Waals surface area contributed by atoms with E-state index < -0.39 is 29.0 Å². The average Bonchev–Trinajstić information content (AvgIpc) is 2.87. The molecule has 140 valence electrons. The molecule has 2 bridgehead atoms. The van der Waals surface area contributed by atoms with Crippen LogP contribution in [0.5, 0.6) is 0 Å². The molecule has 2 heterocycles. The molecule has 5 nitrogen and oxygen atoms in total. The molecule has 0 unspecified atom stereocenters. The van der Waals surface area contributed by atoms with Gasteiger partial charge in [0.05, 0.1) is 11.5 Å². The summed E-state index contributed by atoms with van der Waals surface area (Å²) in [6, 6.07) is 0. The van der Waals surface area contributed by atoms with Crippen molar-refractivity contribution in [2.24, 2.45) is 23.7 Å². The molecule has 2 aliphatic heterocycles. The van der Waals surface area contributed by atoms with E-state index in [9.17, 15) is 15.0 Å². The molecule has 25 heavy (non-hydrogen) atoms. The predicted octanol–water partition coefficient (Wildman–Crippen LogP) is 2.20. The van der Waals surface area contributed by atoms with E-state index in [-0.39, 0.29) is 36.1 Å². The molecule has 2 N–H and O–H groups in total. The Kier molecular flexibility index (Phi) is 3.64.